The predicted octanol–water partition coefficient (Wildman–Crippen LogP) is 2.94. The van der Waals surface area contributed by atoms with Crippen molar-refractivity contribution in [3.63, 3.8) is 0 Å². The van der Waals surface area contributed by atoms with Gasteiger partial charge in [0.2, 0.25) is 0 Å². The van der Waals surface area contributed by atoms with Crippen molar-refractivity contribution in [3.8, 4) is 5.75 Å². The van der Waals surface area contributed by atoms with Crippen molar-refractivity contribution >= 4 is 17.4 Å². The summed E-state index contributed by atoms with van der Waals surface area (Å²) in [4.78, 5) is 30.9. The van der Waals surface area contributed by atoms with Gasteiger partial charge < -0.3 is 19.5 Å². The highest BCUT2D eigenvalue weighted by molar-refractivity contribution is 6.46. The predicted molar refractivity (Wildman–Crippen MR) is 107 cm³/mol. The van der Waals surface area contributed by atoms with Crippen LogP contribution >= 0.6 is 0 Å². The highest BCUT2D eigenvalue weighted by atomic mass is 16.5. The number of rotatable bonds is 8. The standard InChI is InChI=1S/C22H24N2O5/c1-3-13-29-17-6-4-16(5-7-17)20(25)18-19(15-8-10-23-11-9-15)24(12-14-28-2)22(27)21(18)26/h4-11,19,25H,3,12-14H2,1-2H3/t19-/m0/s1. The molecule has 0 unspecified atom stereocenters. The lowest BCUT2D eigenvalue weighted by molar-refractivity contribution is -0.140. The second-order valence-electron chi connectivity index (χ2n) is 6.64. The second kappa shape index (κ2) is 9.34. The third kappa shape index (κ3) is 4.30. The zero-order valence-corrected chi connectivity index (χ0v) is 16.5. The molecule has 1 atom stereocenters. The second-order valence-corrected chi connectivity index (χ2v) is 6.64. The third-order valence-corrected chi connectivity index (χ3v) is 4.70. The summed E-state index contributed by atoms with van der Waals surface area (Å²) in [5, 5.41) is 10.9. The number of aromatic nitrogens is 1. The SMILES string of the molecule is CCCOc1ccc(C(O)=C2C(=O)C(=O)N(CCOC)[C@H]2c2ccncc2)cc1. The van der Waals surface area contributed by atoms with Gasteiger partial charge in [0.15, 0.2) is 0 Å². The zero-order valence-electron chi connectivity index (χ0n) is 16.5. The minimum absolute atomic E-state index is 0.0551. The number of carbonyl (C=O) groups excluding carboxylic acids is 2. The van der Waals surface area contributed by atoms with E-state index in [1.807, 2.05) is 6.92 Å². The molecule has 1 aliphatic heterocycles. The first-order valence-corrected chi connectivity index (χ1v) is 9.49. The van der Waals surface area contributed by atoms with E-state index < -0.39 is 17.7 Å². The van der Waals surface area contributed by atoms with Gasteiger partial charge >= 0.3 is 0 Å². The van der Waals surface area contributed by atoms with Crippen molar-refractivity contribution in [2.45, 2.75) is 19.4 Å². The first kappa shape index (κ1) is 20.5. The summed E-state index contributed by atoms with van der Waals surface area (Å²) in [7, 11) is 1.53. The van der Waals surface area contributed by atoms with E-state index in [-0.39, 0.29) is 24.5 Å². The molecule has 2 aromatic rings. The molecule has 3 rings (SSSR count). The number of benzene rings is 1. The topological polar surface area (TPSA) is 89.0 Å². The molecule has 1 aromatic heterocycles. The van der Waals surface area contributed by atoms with Gasteiger partial charge in [-0.2, -0.15) is 0 Å². The zero-order chi connectivity index (χ0) is 20.8. The summed E-state index contributed by atoms with van der Waals surface area (Å²) in [5.41, 5.74) is 1.19. The van der Waals surface area contributed by atoms with Gasteiger partial charge in [-0.05, 0) is 48.4 Å². The number of Topliss-reactive ketones (excluding diaryl/α,β-unsaturated/α-hetero) is 1. The Labute approximate surface area is 169 Å². The molecule has 152 valence electrons. The number of ether oxygens (including phenoxy) is 2. The highest BCUT2D eigenvalue weighted by Crippen LogP contribution is 2.39. The van der Waals surface area contributed by atoms with E-state index in [0.29, 0.717) is 23.5 Å². The van der Waals surface area contributed by atoms with E-state index in [9.17, 15) is 14.7 Å². The fourth-order valence-corrected chi connectivity index (χ4v) is 3.28. The van der Waals surface area contributed by atoms with Gasteiger partial charge in [0, 0.05) is 31.6 Å². The summed E-state index contributed by atoms with van der Waals surface area (Å²) in [5.74, 6) is -0.915. The molecular formula is C22H24N2O5. The molecule has 0 radical (unpaired) electrons. The molecule has 1 aromatic carbocycles. The summed E-state index contributed by atoms with van der Waals surface area (Å²) >= 11 is 0. The quantitative estimate of drug-likeness (QED) is 0.419. The monoisotopic (exact) mass is 396 g/mol. The molecule has 29 heavy (non-hydrogen) atoms. The molecule has 1 fully saturated rings. The first-order valence-electron chi connectivity index (χ1n) is 9.49. The Kier molecular flexibility index (Phi) is 6.61. The minimum atomic E-state index is -0.716. The van der Waals surface area contributed by atoms with Crippen LogP contribution in [0.15, 0.2) is 54.4 Å². The maximum atomic E-state index is 12.8. The lowest BCUT2D eigenvalue weighted by atomic mass is 9.96. The Bertz CT molecular complexity index is 893. The lowest BCUT2D eigenvalue weighted by Crippen LogP contribution is -2.32. The van der Waals surface area contributed by atoms with Crippen LogP contribution in [0.4, 0.5) is 0 Å². The summed E-state index contributed by atoms with van der Waals surface area (Å²) in [6, 6.07) is 9.56. The normalized spacial score (nSPS) is 18.3. The van der Waals surface area contributed by atoms with E-state index in [1.54, 1.807) is 48.8 Å². The van der Waals surface area contributed by atoms with Gasteiger partial charge in [-0.1, -0.05) is 6.92 Å². The molecule has 0 bridgehead atoms. The molecule has 7 nitrogen and oxygen atoms in total. The van der Waals surface area contributed by atoms with Crippen molar-refractivity contribution in [2.24, 2.45) is 0 Å². The van der Waals surface area contributed by atoms with Crippen LogP contribution in [0.5, 0.6) is 5.75 Å². The Morgan fingerprint density at radius 1 is 1.10 bits per heavy atom. The van der Waals surface area contributed by atoms with Gasteiger partial charge in [-0.25, -0.2) is 0 Å². The van der Waals surface area contributed by atoms with Crippen molar-refractivity contribution in [1.82, 2.24) is 9.88 Å². The fourth-order valence-electron chi connectivity index (χ4n) is 3.28. The van der Waals surface area contributed by atoms with E-state index in [2.05, 4.69) is 4.98 Å². The first-order chi connectivity index (χ1) is 14.1. The number of hydrogen-bond acceptors (Lipinski definition) is 6. The van der Waals surface area contributed by atoms with E-state index >= 15 is 0 Å². The van der Waals surface area contributed by atoms with Crippen molar-refractivity contribution in [1.29, 1.82) is 0 Å². The van der Waals surface area contributed by atoms with Crippen molar-refractivity contribution < 1.29 is 24.2 Å². The summed E-state index contributed by atoms with van der Waals surface area (Å²) < 4.78 is 10.6. The van der Waals surface area contributed by atoms with Gasteiger partial charge in [0.25, 0.3) is 11.7 Å². The van der Waals surface area contributed by atoms with E-state index in [1.165, 1.54) is 12.0 Å². The maximum absolute atomic E-state index is 12.8. The van der Waals surface area contributed by atoms with Crippen LogP contribution in [0.3, 0.4) is 0 Å². The molecule has 1 amide bonds. The minimum Gasteiger partial charge on any atom is -0.507 e. The average Bonchev–Trinajstić information content (AvgIpc) is 3.01. The van der Waals surface area contributed by atoms with Crippen LogP contribution in [-0.4, -0.2) is 53.5 Å². The fraction of sp³-hybridized carbons (Fsp3) is 0.318. The molecule has 1 aliphatic rings. The molecule has 1 N–H and O–H groups in total. The van der Waals surface area contributed by atoms with Crippen LogP contribution in [0.25, 0.3) is 5.76 Å². The molecule has 2 heterocycles. The number of likely N-dealkylation sites (tertiary alicyclic amines) is 1. The van der Waals surface area contributed by atoms with Crippen LogP contribution in [0.1, 0.15) is 30.5 Å². The number of carbonyl (C=O) groups is 2. The number of hydrogen-bond donors (Lipinski definition) is 1. The van der Waals surface area contributed by atoms with Crippen LogP contribution in [-0.2, 0) is 14.3 Å². The smallest absolute Gasteiger partial charge is 0.295 e. The lowest BCUT2D eigenvalue weighted by Gasteiger charge is -2.24. The number of aliphatic hydroxyl groups is 1. The van der Waals surface area contributed by atoms with E-state index in [0.717, 1.165) is 6.42 Å². The Morgan fingerprint density at radius 2 is 1.79 bits per heavy atom. The third-order valence-electron chi connectivity index (χ3n) is 4.70. The number of nitrogens with zero attached hydrogens (tertiary/aromatic N) is 2. The molecule has 1 saturated heterocycles. The van der Waals surface area contributed by atoms with Crippen LogP contribution < -0.4 is 4.74 Å². The maximum Gasteiger partial charge on any atom is 0.295 e. The highest BCUT2D eigenvalue weighted by Gasteiger charge is 2.45. The molecule has 7 heteroatoms. The molecule has 0 aliphatic carbocycles. The Balaban J connectivity index is 2.03. The number of amides is 1. The van der Waals surface area contributed by atoms with Gasteiger partial charge in [-0.15, -0.1) is 0 Å². The summed E-state index contributed by atoms with van der Waals surface area (Å²) in [6.07, 6.45) is 4.07. The van der Waals surface area contributed by atoms with Crippen molar-refractivity contribution in [2.75, 3.05) is 26.9 Å². The van der Waals surface area contributed by atoms with Crippen LogP contribution in [0, 0.1) is 0 Å². The number of methoxy groups -OCH3 is 1. The number of pyridine rings is 1. The van der Waals surface area contributed by atoms with Gasteiger partial charge in [0.1, 0.15) is 11.5 Å². The van der Waals surface area contributed by atoms with Gasteiger partial charge in [0.05, 0.1) is 24.8 Å². The van der Waals surface area contributed by atoms with Crippen LogP contribution in [0.2, 0.25) is 0 Å². The van der Waals surface area contributed by atoms with Gasteiger partial charge in [-0.3, -0.25) is 14.6 Å². The largest absolute Gasteiger partial charge is 0.507 e. The van der Waals surface area contributed by atoms with Crippen molar-refractivity contribution in [3.05, 3.63) is 65.5 Å². The van der Waals surface area contributed by atoms with E-state index in [4.69, 9.17) is 9.47 Å². The molecule has 0 saturated carbocycles. The number of aliphatic hydroxyl groups excluding tert-OH is 1. The Morgan fingerprint density at radius 3 is 2.41 bits per heavy atom. The average molecular weight is 396 g/mol. The summed E-state index contributed by atoms with van der Waals surface area (Å²) in [6.45, 7) is 3.12. The Hall–Kier alpha value is -3.19. The molecule has 0 spiro atoms. The number of ketones is 1. The molecular weight excluding hydrogens is 372 g/mol.